The van der Waals surface area contributed by atoms with Crippen LogP contribution >= 0.6 is 11.8 Å². The van der Waals surface area contributed by atoms with Crippen LogP contribution in [0, 0.1) is 0 Å². The van der Waals surface area contributed by atoms with E-state index in [9.17, 15) is 4.79 Å². The van der Waals surface area contributed by atoms with Crippen LogP contribution < -0.4 is 10.2 Å². The fraction of sp³-hybridized carbons (Fsp3) is 0.286. The summed E-state index contributed by atoms with van der Waals surface area (Å²) >= 11 is 1.32. The van der Waals surface area contributed by atoms with Gasteiger partial charge in [0.1, 0.15) is 0 Å². The zero-order chi connectivity index (χ0) is 20.1. The molecule has 1 amide bonds. The topological polar surface area (TPSA) is 83.1 Å². The van der Waals surface area contributed by atoms with Crippen molar-refractivity contribution in [3.63, 3.8) is 0 Å². The van der Waals surface area contributed by atoms with Crippen molar-refractivity contribution in [3.8, 4) is 11.4 Å². The number of hydrogen-bond acceptors (Lipinski definition) is 6. The maximum absolute atomic E-state index is 12.6. The van der Waals surface area contributed by atoms with Gasteiger partial charge in [-0.25, -0.2) is 4.98 Å². The van der Waals surface area contributed by atoms with Crippen molar-refractivity contribution in [2.24, 2.45) is 0 Å². The second-order valence-corrected chi connectivity index (χ2v) is 8.04. The molecule has 7 nitrogen and oxygen atoms in total. The molecule has 3 aromatic rings. The van der Waals surface area contributed by atoms with Crippen LogP contribution in [-0.4, -0.2) is 52.6 Å². The van der Waals surface area contributed by atoms with E-state index in [0.29, 0.717) is 11.0 Å². The summed E-state index contributed by atoms with van der Waals surface area (Å²) in [5, 5.41) is 10.3. The highest BCUT2D eigenvalue weighted by atomic mass is 32.2. The van der Waals surface area contributed by atoms with Gasteiger partial charge in [-0.3, -0.25) is 9.89 Å². The molecule has 1 fully saturated rings. The van der Waals surface area contributed by atoms with Gasteiger partial charge in [0.05, 0.1) is 18.5 Å². The molecule has 0 saturated carbocycles. The number of morpholine rings is 1. The second-order valence-electron chi connectivity index (χ2n) is 6.73. The summed E-state index contributed by atoms with van der Waals surface area (Å²) in [6, 6.07) is 17.7. The Morgan fingerprint density at radius 2 is 1.86 bits per heavy atom. The Morgan fingerprint density at radius 1 is 1.14 bits per heavy atom. The summed E-state index contributed by atoms with van der Waals surface area (Å²) in [5.74, 6) is 0.611. The molecule has 1 saturated heterocycles. The van der Waals surface area contributed by atoms with Gasteiger partial charge in [-0.15, -0.1) is 5.10 Å². The SMILES string of the molecule is C[C@@H](Sc1n[nH]c(-c2ccccc2)n1)C(=O)Nc1ccc(N2CCOCC2)cc1. The van der Waals surface area contributed by atoms with Gasteiger partial charge in [0.15, 0.2) is 5.82 Å². The van der Waals surface area contributed by atoms with Crippen LogP contribution in [0.5, 0.6) is 0 Å². The van der Waals surface area contributed by atoms with Crippen molar-refractivity contribution in [2.75, 3.05) is 36.5 Å². The van der Waals surface area contributed by atoms with Gasteiger partial charge in [-0.05, 0) is 31.2 Å². The molecule has 8 heteroatoms. The van der Waals surface area contributed by atoms with Crippen LogP contribution in [0.25, 0.3) is 11.4 Å². The molecule has 0 unspecified atom stereocenters. The lowest BCUT2D eigenvalue weighted by molar-refractivity contribution is -0.115. The maximum Gasteiger partial charge on any atom is 0.237 e. The van der Waals surface area contributed by atoms with Gasteiger partial charge in [0, 0.05) is 30.0 Å². The highest BCUT2D eigenvalue weighted by Gasteiger charge is 2.18. The Morgan fingerprint density at radius 3 is 2.59 bits per heavy atom. The number of carbonyl (C=O) groups excluding carboxylic acids is 1. The molecule has 2 heterocycles. The van der Waals surface area contributed by atoms with E-state index in [1.807, 2.05) is 61.5 Å². The van der Waals surface area contributed by atoms with Gasteiger partial charge in [0.25, 0.3) is 0 Å². The Hall–Kier alpha value is -2.84. The van der Waals surface area contributed by atoms with Crippen LogP contribution in [0.2, 0.25) is 0 Å². The lowest BCUT2D eigenvalue weighted by Crippen LogP contribution is -2.36. The molecule has 1 aliphatic heterocycles. The van der Waals surface area contributed by atoms with Crippen molar-refractivity contribution in [3.05, 3.63) is 54.6 Å². The van der Waals surface area contributed by atoms with Gasteiger partial charge in [0.2, 0.25) is 11.1 Å². The molecule has 2 aromatic carbocycles. The van der Waals surface area contributed by atoms with Crippen molar-refractivity contribution in [2.45, 2.75) is 17.3 Å². The largest absolute Gasteiger partial charge is 0.378 e. The first-order valence-electron chi connectivity index (χ1n) is 9.57. The summed E-state index contributed by atoms with van der Waals surface area (Å²) < 4.78 is 5.39. The highest BCUT2D eigenvalue weighted by molar-refractivity contribution is 8.00. The molecule has 29 heavy (non-hydrogen) atoms. The lowest BCUT2D eigenvalue weighted by Gasteiger charge is -2.28. The number of nitrogens with zero attached hydrogens (tertiary/aromatic N) is 3. The Kier molecular flexibility index (Phi) is 6.12. The van der Waals surface area contributed by atoms with Gasteiger partial charge in [-0.2, -0.15) is 0 Å². The fourth-order valence-corrected chi connectivity index (χ4v) is 3.78. The van der Waals surface area contributed by atoms with Crippen LogP contribution in [0.3, 0.4) is 0 Å². The number of benzene rings is 2. The first kappa shape index (κ1) is 19.5. The van der Waals surface area contributed by atoms with Crippen molar-refractivity contribution >= 4 is 29.0 Å². The number of nitrogens with one attached hydrogen (secondary N) is 2. The number of anilines is 2. The third-order valence-corrected chi connectivity index (χ3v) is 5.64. The zero-order valence-electron chi connectivity index (χ0n) is 16.2. The average molecular weight is 410 g/mol. The van der Waals surface area contributed by atoms with Crippen molar-refractivity contribution < 1.29 is 9.53 Å². The summed E-state index contributed by atoms with van der Waals surface area (Å²) in [6.45, 7) is 5.13. The van der Waals surface area contributed by atoms with E-state index in [4.69, 9.17) is 4.74 Å². The van der Waals surface area contributed by atoms with E-state index in [-0.39, 0.29) is 11.2 Å². The standard InChI is InChI=1S/C21H23N5O2S/c1-15(29-21-23-19(24-25-21)16-5-3-2-4-6-16)20(27)22-17-7-9-18(10-8-17)26-11-13-28-14-12-26/h2-10,15H,11-14H2,1H3,(H,22,27)(H,23,24,25)/t15-/m1/s1. The van der Waals surface area contributed by atoms with Crippen molar-refractivity contribution in [1.29, 1.82) is 0 Å². The van der Waals surface area contributed by atoms with Crippen molar-refractivity contribution in [1.82, 2.24) is 15.2 Å². The number of amides is 1. The minimum Gasteiger partial charge on any atom is -0.378 e. The predicted molar refractivity (Wildman–Crippen MR) is 115 cm³/mol. The van der Waals surface area contributed by atoms with E-state index < -0.39 is 0 Å². The molecule has 2 N–H and O–H groups in total. The van der Waals surface area contributed by atoms with E-state index in [1.54, 1.807) is 0 Å². The maximum atomic E-state index is 12.6. The highest BCUT2D eigenvalue weighted by Crippen LogP contribution is 2.24. The first-order valence-corrected chi connectivity index (χ1v) is 10.4. The minimum atomic E-state index is -0.326. The number of ether oxygens (including phenoxy) is 1. The summed E-state index contributed by atoms with van der Waals surface area (Å²) in [4.78, 5) is 19.3. The predicted octanol–water partition coefficient (Wildman–Crippen LogP) is 3.43. The number of H-pyrrole nitrogens is 1. The van der Waals surface area contributed by atoms with E-state index >= 15 is 0 Å². The third kappa shape index (κ3) is 4.96. The normalized spacial score (nSPS) is 15.1. The number of hydrogen-bond donors (Lipinski definition) is 2. The van der Waals surface area contributed by atoms with E-state index in [0.717, 1.165) is 43.2 Å². The van der Waals surface area contributed by atoms with E-state index in [2.05, 4.69) is 25.4 Å². The van der Waals surface area contributed by atoms with Gasteiger partial charge >= 0.3 is 0 Å². The molecule has 0 spiro atoms. The zero-order valence-corrected chi connectivity index (χ0v) is 17.0. The molecule has 0 radical (unpaired) electrons. The molecule has 0 bridgehead atoms. The summed E-state index contributed by atoms with van der Waals surface area (Å²) in [5.41, 5.74) is 2.88. The fourth-order valence-electron chi connectivity index (χ4n) is 3.06. The van der Waals surface area contributed by atoms with Crippen LogP contribution in [0.15, 0.2) is 59.8 Å². The number of thioether (sulfide) groups is 1. The molecule has 150 valence electrons. The summed E-state index contributed by atoms with van der Waals surface area (Å²) in [7, 11) is 0. The Labute approximate surface area is 173 Å². The van der Waals surface area contributed by atoms with Crippen LogP contribution in [0.4, 0.5) is 11.4 Å². The number of aromatic amines is 1. The smallest absolute Gasteiger partial charge is 0.237 e. The van der Waals surface area contributed by atoms with Crippen LogP contribution in [0.1, 0.15) is 6.92 Å². The van der Waals surface area contributed by atoms with Gasteiger partial charge < -0.3 is 15.0 Å². The molecule has 1 atom stereocenters. The Balaban J connectivity index is 1.33. The molecular weight excluding hydrogens is 386 g/mol. The quantitative estimate of drug-likeness (QED) is 0.607. The monoisotopic (exact) mass is 409 g/mol. The third-order valence-electron chi connectivity index (χ3n) is 4.67. The lowest BCUT2D eigenvalue weighted by atomic mass is 10.2. The van der Waals surface area contributed by atoms with E-state index in [1.165, 1.54) is 11.8 Å². The van der Waals surface area contributed by atoms with Crippen LogP contribution in [-0.2, 0) is 9.53 Å². The Bertz CT molecular complexity index is 939. The molecule has 1 aromatic heterocycles. The number of aromatic nitrogens is 3. The first-order chi connectivity index (χ1) is 14.2. The number of rotatable bonds is 6. The number of carbonyl (C=O) groups is 1. The molecule has 0 aliphatic carbocycles. The molecular formula is C21H23N5O2S. The minimum absolute atomic E-state index is 0.0832. The molecule has 4 rings (SSSR count). The second kappa shape index (κ2) is 9.11. The molecule has 1 aliphatic rings. The average Bonchev–Trinajstić information content (AvgIpc) is 3.24. The van der Waals surface area contributed by atoms with Gasteiger partial charge in [-0.1, -0.05) is 42.1 Å². The summed E-state index contributed by atoms with van der Waals surface area (Å²) in [6.07, 6.45) is 0.